The van der Waals surface area contributed by atoms with Gasteiger partial charge in [0.2, 0.25) is 0 Å². The minimum atomic E-state index is -0.0603. The monoisotopic (exact) mass is 367 g/mol. The molecule has 1 aromatic carbocycles. The van der Waals surface area contributed by atoms with Crippen molar-refractivity contribution in [3.05, 3.63) is 50.1 Å². The maximum atomic E-state index is 12.6. The van der Waals surface area contributed by atoms with Crippen LogP contribution in [0.4, 0.5) is 0 Å². The van der Waals surface area contributed by atoms with Gasteiger partial charge in [0.25, 0.3) is 5.91 Å². The smallest absolute Gasteiger partial charge is 0.264 e. The molecule has 2 aromatic rings. The van der Waals surface area contributed by atoms with E-state index in [4.69, 9.17) is 4.74 Å². The molecule has 1 atom stereocenters. The molecule has 1 unspecified atom stereocenters. The Bertz CT molecular complexity index is 634. The van der Waals surface area contributed by atoms with Gasteiger partial charge in [-0.1, -0.05) is 18.2 Å². The number of carbonyl (C=O) groups is 1. The molecule has 1 amide bonds. The Morgan fingerprint density at radius 1 is 1.38 bits per heavy atom. The fourth-order valence-corrected chi connectivity index (χ4v) is 3.65. The number of hydrogen-bond acceptors (Lipinski definition) is 3. The summed E-state index contributed by atoms with van der Waals surface area (Å²) in [4.78, 5) is 15.1. The zero-order valence-corrected chi connectivity index (χ0v) is 14.9. The average Bonchev–Trinajstić information content (AvgIpc) is 2.84. The molecule has 1 aromatic heterocycles. The Kier molecular flexibility index (Phi) is 5.06. The number of thiophene rings is 1. The molecule has 0 fully saturated rings. The first-order chi connectivity index (χ1) is 9.95. The number of amides is 1. The molecule has 0 aliphatic rings. The van der Waals surface area contributed by atoms with E-state index in [0.717, 1.165) is 25.5 Å². The maximum absolute atomic E-state index is 12.6. The quantitative estimate of drug-likeness (QED) is 0.786. The lowest BCUT2D eigenvalue weighted by atomic mass is 10.1. The molecule has 112 valence electrons. The predicted octanol–water partition coefficient (Wildman–Crippen LogP) is 4.66. The van der Waals surface area contributed by atoms with Crippen LogP contribution in [0.15, 0.2) is 34.1 Å². The molecule has 1 heterocycles. The third kappa shape index (κ3) is 3.30. The molecular formula is C16H18BrNO2S. The highest BCUT2D eigenvalue weighted by molar-refractivity contribution is 9.11. The van der Waals surface area contributed by atoms with Crippen LogP contribution >= 0.6 is 27.3 Å². The number of aryl methyl sites for hydroxylation is 1. The van der Waals surface area contributed by atoms with Crippen LogP contribution in [0.5, 0.6) is 5.75 Å². The van der Waals surface area contributed by atoms with E-state index in [9.17, 15) is 4.79 Å². The highest BCUT2D eigenvalue weighted by Crippen LogP contribution is 2.32. The SMILES string of the molecule is COc1ccccc1C(C)N(C)C(=O)c1cc(C)c(Br)s1. The molecular weight excluding hydrogens is 350 g/mol. The normalized spacial score (nSPS) is 12.0. The summed E-state index contributed by atoms with van der Waals surface area (Å²) in [6.45, 7) is 3.99. The molecule has 2 rings (SSSR count). The van der Waals surface area contributed by atoms with Crippen LogP contribution in [0.2, 0.25) is 0 Å². The first-order valence-corrected chi connectivity index (χ1v) is 8.22. The van der Waals surface area contributed by atoms with Gasteiger partial charge in [0.1, 0.15) is 5.75 Å². The van der Waals surface area contributed by atoms with Crippen LogP contribution < -0.4 is 4.74 Å². The summed E-state index contributed by atoms with van der Waals surface area (Å²) >= 11 is 4.93. The van der Waals surface area contributed by atoms with E-state index in [1.807, 2.05) is 51.2 Å². The molecule has 0 bridgehead atoms. The van der Waals surface area contributed by atoms with Crippen molar-refractivity contribution in [2.45, 2.75) is 19.9 Å². The van der Waals surface area contributed by atoms with E-state index < -0.39 is 0 Å². The highest BCUT2D eigenvalue weighted by Gasteiger charge is 2.23. The second-order valence-corrected chi connectivity index (χ2v) is 7.27. The van der Waals surface area contributed by atoms with Gasteiger partial charge in [-0.2, -0.15) is 0 Å². The van der Waals surface area contributed by atoms with Gasteiger partial charge in [-0.05, 0) is 47.5 Å². The van der Waals surface area contributed by atoms with Crippen LogP contribution in [0.3, 0.4) is 0 Å². The summed E-state index contributed by atoms with van der Waals surface area (Å²) in [5.74, 6) is 0.820. The number of halogens is 1. The second kappa shape index (κ2) is 6.62. The number of para-hydroxylation sites is 1. The number of benzene rings is 1. The maximum Gasteiger partial charge on any atom is 0.264 e. The van der Waals surface area contributed by atoms with Crippen molar-refractivity contribution in [1.29, 1.82) is 0 Å². The first kappa shape index (κ1) is 16.0. The number of nitrogens with zero attached hydrogens (tertiary/aromatic N) is 1. The minimum absolute atomic E-state index is 0.0206. The van der Waals surface area contributed by atoms with Gasteiger partial charge in [-0.15, -0.1) is 11.3 Å². The summed E-state index contributed by atoms with van der Waals surface area (Å²) in [5.41, 5.74) is 2.09. The molecule has 3 nitrogen and oxygen atoms in total. The summed E-state index contributed by atoms with van der Waals surface area (Å²) in [5, 5.41) is 0. The van der Waals surface area contributed by atoms with Gasteiger partial charge < -0.3 is 9.64 Å². The van der Waals surface area contributed by atoms with E-state index in [1.165, 1.54) is 11.3 Å². The Labute approximate surface area is 137 Å². The number of hydrogen-bond donors (Lipinski definition) is 0. The molecule has 0 aliphatic carbocycles. The molecule has 0 saturated carbocycles. The lowest BCUT2D eigenvalue weighted by Crippen LogP contribution is -2.29. The van der Waals surface area contributed by atoms with Crippen molar-refractivity contribution < 1.29 is 9.53 Å². The van der Waals surface area contributed by atoms with Crippen LogP contribution in [-0.2, 0) is 0 Å². The fraction of sp³-hybridized carbons (Fsp3) is 0.312. The third-order valence-corrected chi connectivity index (χ3v) is 5.68. The number of methoxy groups -OCH3 is 1. The molecule has 5 heteroatoms. The number of ether oxygens (including phenoxy) is 1. The highest BCUT2D eigenvalue weighted by atomic mass is 79.9. The molecule has 21 heavy (non-hydrogen) atoms. The summed E-state index contributed by atoms with van der Waals surface area (Å²) < 4.78 is 6.39. The zero-order valence-electron chi connectivity index (χ0n) is 12.5. The van der Waals surface area contributed by atoms with Gasteiger partial charge in [-0.25, -0.2) is 0 Å². The van der Waals surface area contributed by atoms with Crippen LogP contribution in [0, 0.1) is 6.92 Å². The van der Waals surface area contributed by atoms with E-state index in [1.54, 1.807) is 12.0 Å². The molecule has 0 N–H and O–H groups in total. The summed E-state index contributed by atoms with van der Waals surface area (Å²) in [7, 11) is 3.47. The van der Waals surface area contributed by atoms with Gasteiger partial charge >= 0.3 is 0 Å². The molecule has 0 saturated heterocycles. The Morgan fingerprint density at radius 3 is 2.62 bits per heavy atom. The Morgan fingerprint density at radius 2 is 2.05 bits per heavy atom. The Balaban J connectivity index is 2.26. The van der Waals surface area contributed by atoms with Crippen molar-refractivity contribution in [2.24, 2.45) is 0 Å². The third-order valence-electron chi connectivity index (χ3n) is 3.56. The zero-order chi connectivity index (χ0) is 15.6. The second-order valence-electron chi connectivity index (χ2n) is 4.90. The van der Waals surface area contributed by atoms with E-state index in [-0.39, 0.29) is 11.9 Å². The number of rotatable bonds is 4. The van der Waals surface area contributed by atoms with E-state index >= 15 is 0 Å². The van der Waals surface area contributed by atoms with Crippen molar-refractivity contribution >= 4 is 33.2 Å². The van der Waals surface area contributed by atoms with E-state index in [0.29, 0.717) is 0 Å². The summed E-state index contributed by atoms with van der Waals surface area (Å²) in [6.07, 6.45) is 0. The standard InChI is InChI=1S/C16H18BrNO2S/c1-10-9-14(21-15(10)17)16(19)18(3)11(2)12-7-5-6-8-13(12)20-4/h5-9,11H,1-4H3. The van der Waals surface area contributed by atoms with Crippen molar-refractivity contribution in [3.8, 4) is 5.75 Å². The Hall–Kier alpha value is -1.33. The van der Waals surface area contributed by atoms with E-state index in [2.05, 4.69) is 15.9 Å². The number of carbonyl (C=O) groups excluding carboxylic acids is 1. The van der Waals surface area contributed by atoms with Gasteiger partial charge in [0.15, 0.2) is 0 Å². The molecule has 0 aliphatic heterocycles. The van der Waals surface area contributed by atoms with Gasteiger partial charge in [-0.3, -0.25) is 4.79 Å². The lowest BCUT2D eigenvalue weighted by Gasteiger charge is -2.26. The van der Waals surface area contributed by atoms with Crippen molar-refractivity contribution in [1.82, 2.24) is 4.90 Å². The minimum Gasteiger partial charge on any atom is -0.496 e. The first-order valence-electron chi connectivity index (χ1n) is 6.61. The lowest BCUT2D eigenvalue weighted by molar-refractivity contribution is 0.0746. The van der Waals surface area contributed by atoms with Crippen LogP contribution in [-0.4, -0.2) is 25.0 Å². The van der Waals surface area contributed by atoms with Crippen molar-refractivity contribution in [2.75, 3.05) is 14.2 Å². The molecule has 0 radical (unpaired) electrons. The topological polar surface area (TPSA) is 29.5 Å². The van der Waals surface area contributed by atoms with Crippen LogP contribution in [0.25, 0.3) is 0 Å². The van der Waals surface area contributed by atoms with Crippen LogP contribution in [0.1, 0.15) is 33.8 Å². The molecule has 0 spiro atoms. The van der Waals surface area contributed by atoms with Gasteiger partial charge in [0, 0.05) is 12.6 Å². The van der Waals surface area contributed by atoms with Gasteiger partial charge in [0.05, 0.1) is 21.8 Å². The fourth-order valence-electron chi connectivity index (χ4n) is 2.14. The average molecular weight is 368 g/mol. The summed E-state index contributed by atoms with van der Waals surface area (Å²) in [6, 6.07) is 9.64. The predicted molar refractivity (Wildman–Crippen MR) is 90.3 cm³/mol. The largest absolute Gasteiger partial charge is 0.496 e. The van der Waals surface area contributed by atoms with Crippen molar-refractivity contribution in [3.63, 3.8) is 0 Å².